The third-order valence-electron chi connectivity index (χ3n) is 2.52. The highest BCUT2D eigenvalue weighted by molar-refractivity contribution is 6.33. The van der Waals surface area contributed by atoms with Crippen LogP contribution in [0.1, 0.15) is 0 Å². The van der Waals surface area contributed by atoms with Crippen LogP contribution in [0.2, 0.25) is 10.2 Å². The van der Waals surface area contributed by atoms with E-state index in [1.807, 2.05) is 18.2 Å². The minimum absolute atomic E-state index is 0.374. The van der Waals surface area contributed by atoms with E-state index in [4.69, 9.17) is 27.7 Å². The Kier molecular flexibility index (Phi) is 3.19. The quantitative estimate of drug-likeness (QED) is 0.667. The van der Waals surface area contributed by atoms with Gasteiger partial charge in [-0.15, -0.1) is 0 Å². The van der Waals surface area contributed by atoms with Crippen molar-refractivity contribution in [2.75, 3.05) is 0 Å². The number of rotatable bonds is 2. The summed E-state index contributed by atoms with van der Waals surface area (Å²) >= 11 is 11.8. The summed E-state index contributed by atoms with van der Waals surface area (Å²) in [6, 6.07) is 10.7. The van der Waals surface area contributed by atoms with Crippen molar-refractivity contribution in [2.24, 2.45) is 0 Å². The van der Waals surface area contributed by atoms with Crippen molar-refractivity contribution in [3.63, 3.8) is 0 Å². The monoisotopic (exact) mass is 291 g/mol. The van der Waals surface area contributed by atoms with Crippen molar-refractivity contribution < 1.29 is 4.52 Å². The molecule has 6 heteroatoms. The van der Waals surface area contributed by atoms with Crippen LogP contribution in [0.5, 0.6) is 0 Å². The van der Waals surface area contributed by atoms with Gasteiger partial charge >= 0.3 is 0 Å². The molecule has 2 heterocycles. The predicted molar refractivity (Wildman–Crippen MR) is 73.0 cm³/mol. The molecule has 1 aromatic carbocycles. The number of hydrogen-bond donors (Lipinski definition) is 0. The average molecular weight is 292 g/mol. The average Bonchev–Trinajstić information content (AvgIpc) is 2.89. The van der Waals surface area contributed by atoms with Gasteiger partial charge in [-0.2, -0.15) is 4.98 Å². The van der Waals surface area contributed by atoms with Crippen LogP contribution < -0.4 is 0 Å². The number of pyridine rings is 1. The Balaban J connectivity index is 2.00. The van der Waals surface area contributed by atoms with Crippen LogP contribution in [0.15, 0.2) is 47.1 Å². The van der Waals surface area contributed by atoms with Crippen LogP contribution >= 0.6 is 23.2 Å². The van der Waals surface area contributed by atoms with Crippen molar-refractivity contribution >= 4 is 23.2 Å². The Morgan fingerprint density at radius 1 is 1.00 bits per heavy atom. The molecule has 0 N–H and O–H groups in total. The van der Waals surface area contributed by atoms with Crippen LogP contribution in [0.3, 0.4) is 0 Å². The van der Waals surface area contributed by atoms with Gasteiger partial charge in [0, 0.05) is 11.8 Å². The molecular formula is C13H7Cl2N3O. The van der Waals surface area contributed by atoms with Gasteiger partial charge in [-0.05, 0) is 24.3 Å². The fraction of sp³-hybridized carbons (Fsp3) is 0. The molecule has 0 unspecified atom stereocenters. The zero-order chi connectivity index (χ0) is 13.2. The molecule has 19 heavy (non-hydrogen) atoms. The molecular weight excluding hydrogens is 285 g/mol. The number of hydrogen-bond acceptors (Lipinski definition) is 4. The maximum absolute atomic E-state index is 6.08. The molecule has 0 aliphatic rings. The SMILES string of the molecule is Clc1ccc(-c2nc(-c3ccccc3Cl)no2)cn1. The smallest absolute Gasteiger partial charge is 0.259 e. The maximum Gasteiger partial charge on any atom is 0.259 e. The molecule has 0 aliphatic heterocycles. The molecule has 0 amide bonds. The summed E-state index contributed by atoms with van der Waals surface area (Å²) in [4.78, 5) is 8.26. The fourth-order valence-electron chi connectivity index (χ4n) is 1.60. The first-order valence-corrected chi connectivity index (χ1v) is 6.20. The Bertz CT molecular complexity index is 710. The Morgan fingerprint density at radius 2 is 1.84 bits per heavy atom. The van der Waals surface area contributed by atoms with E-state index in [0.717, 1.165) is 5.56 Å². The van der Waals surface area contributed by atoms with Crippen molar-refractivity contribution in [1.29, 1.82) is 0 Å². The third kappa shape index (κ3) is 2.45. The first kappa shape index (κ1) is 12.1. The summed E-state index contributed by atoms with van der Waals surface area (Å²) in [5.41, 5.74) is 1.43. The van der Waals surface area contributed by atoms with E-state index in [1.54, 1.807) is 24.4 Å². The van der Waals surface area contributed by atoms with Gasteiger partial charge in [0.1, 0.15) is 5.15 Å². The molecule has 3 rings (SSSR count). The molecule has 0 fully saturated rings. The summed E-state index contributed by atoms with van der Waals surface area (Å²) in [7, 11) is 0. The lowest BCUT2D eigenvalue weighted by Crippen LogP contribution is -1.83. The van der Waals surface area contributed by atoms with Crippen LogP contribution in [0.4, 0.5) is 0 Å². The van der Waals surface area contributed by atoms with E-state index >= 15 is 0 Å². The summed E-state index contributed by atoms with van der Waals surface area (Å²) < 4.78 is 5.20. The largest absolute Gasteiger partial charge is 0.334 e. The highest BCUT2D eigenvalue weighted by atomic mass is 35.5. The summed E-state index contributed by atoms with van der Waals surface area (Å²) in [6.07, 6.45) is 1.58. The highest BCUT2D eigenvalue weighted by Gasteiger charge is 2.12. The van der Waals surface area contributed by atoms with Crippen LogP contribution in [-0.4, -0.2) is 15.1 Å². The first-order valence-electron chi connectivity index (χ1n) is 5.44. The maximum atomic E-state index is 6.08. The van der Waals surface area contributed by atoms with Gasteiger partial charge in [0.05, 0.1) is 10.6 Å². The van der Waals surface area contributed by atoms with Gasteiger partial charge in [-0.1, -0.05) is 40.5 Å². The second kappa shape index (κ2) is 4.99. The van der Waals surface area contributed by atoms with Crippen molar-refractivity contribution in [3.8, 4) is 22.8 Å². The van der Waals surface area contributed by atoms with E-state index < -0.39 is 0 Å². The fourth-order valence-corrected chi connectivity index (χ4v) is 1.93. The normalized spacial score (nSPS) is 10.6. The molecule has 0 saturated heterocycles. The molecule has 0 bridgehead atoms. The Labute approximate surface area is 119 Å². The van der Waals surface area contributed by atoms with E-state index in [9.17, 15) is 0 Å². The summed E-state index contributed by atoms with van der Waals surface area (Å²) in [6.45, 7) is 0. The lowest BCUT2D eigenvalue weighted by atomic mass is 10.2. The van der Waals surface area contributed by atoms with E-state index in [2.05, 4.69) is 15.1 Å². The lowest BCUT2D eigenvalue weighted by Gasteiger charge is -1.96. The highest BCUT2D eigenvalue weighted by Crippen LogP contribution is 2.27. The van der Waals surface area contributed by atoms with Gasteiger partial charge in [0.2, 0.25) is 5.82 Å². The number of aromatic nitrogens is 3. The molecule has 0 spiro atoms. The van der Waals surface area contributed by atoms with Crippen LogP contribution in [0, 0.1) is 0 Å². The number of nitrogens with zero attached hydrogens (tertiary/aromatic N) is 3. The second-order valence-corrected chi connectivity index (χ2v) is 4.57. The molecule has 3 aromatic rings. The molecule has 0 saturated carbocycles. The van der Waals surface area contributed by atoms with E-state index in [-0.39, 0.29) is 0 Å². The van der Waals surface area contributed by atoms with Gasteiger partial charge < -0.3 is 4.52 Å². The molecule has 4 nitrogen and oxygen atoms in total. The van der Waals surface area contributed by atoms with Crippen LogP contribution in [-0.2, 0) is 0 Å². The minimum Gasteiger partial charge on any atom is -0.334 e. The predicted octanol–water partition coefficient (Wildman–Crippen LogP) is 4.11. The van der Waals surface area contributed by atoms with Crippen molar-refractivity contribution in [2.45, 2.75) is 0 Å². The third-order valence-corrected chi connectivity index (χ3v) is 3.07. The first-order chi connectivity index (χ1) is 9.24. The van der Waals surface area contributed by atoms with Gasteiger partial charge in [-0.25, -0.2) is 4.98 Å². The minimum atomic E-state index is 0.374. The summed E-state index contributed by atoms with van der Waals surface area (Å²) in [5, 5.41) is 4.90. The molecule has 0 atom stereocenters. The molecule has 0 aliphatic carbocycles. The molecule has 2 aromatic heterocycles. The molecule has 0 radical (unpaired) electrons. The van der Waals surface area contributed by atoms with Crippen molar-refractivity contribution in [1.82, 2.24) is 15.1 Å². The van der Waals surface area contributed by atoms with Gasteiger partial charge in [0.15, 0.2) is 0 Å². The Morgan fingerprint density at radius 3 is 2.58 bits per heavy atom. The number of halogens is 2. The topological polar surface area (TPSA) is 51.8 Å². The van der Waals surface area contributed by atoms with Crippen molar-refractivity contribution in [3.05, 3.63) is 52.8 Å². The number of benzene rings is 1. The summed E-state index contributed by atoms with van der Waals surface area (Å²) in [5.74, 6) is 0.814. The van der Waals surface area contributed by atoms with Gasteiger partial charge in [-0.3, -0.25) is 0 Å². The standard InChI is InChI=1S/C13H7Cl2N3O/c14-10-4-2-1-3-9(10)12-17-13(19-18-12)8-5-6-11(15)16-7-8/h1-7H. The lowest BCUT2D eigenvalue weighted by molar-refractivity contribution is 0.432. The molecule has 94 valence electrons. The van der Waals surface area contributed by atoms with E-state index in [1.165, 1.54) is 0 Å². The zero-order valence-corrected chi connectivity index (χ0v) is 11.1. The second-order valence-electron chi connectivity index (χ2n) is 3.77. The Hall–Kier alpha value is -1.91. The van der Waals surface area contributed by atoms with E-state index in [0.29, 0.717) is 27.5 Å². The van der Waals surface area contributed by atoms with Gasteiger partial charge in [0.25, 0.3) is 5.89 Å². The zero-order valence-electron chi connectivity index (χ0n) is 9.55. The van der Waals surface area contributed by atoms with Crippen LogP contribution in [0.25, 0.3) is 22.8 Å².